The first kappa shape index (κ1) is 14.8. The molecule has 19 heavy (non-hydrogen) atoms. The summed E-state index contributed by atoms with van der Waals surface area (Å²) in [4.78, 5) is 24.1. The maximum Gasteiger partial charge on any atom is 0.316 e. The van der Waals surface area contributed by atoms with E-state index in [4.69, 9.17) is 0 Å². The van der Waals surface area contributed by atoms with Crippen LogP contribution in [0.25, 0.3) is 0 Å². The Bertz CT molecular complexity index is 406. The van der Waals surface area contributed by atoms with Crippen molar-refractivity contribution < 1.29 is 9.59 Å². The van der Waals surface area contributed by atoms with Crippen molar-refractivity contribution in [2.45, 2.75) is 0 Å². The van der Waals surface area contributed by atoms with Crippen LogP contribution in [0.3, 0.4) is 0 Å². The Morgan fingerprint density at radius 3 is 2.32 bits per heavy atom. The molecule has 0 aliphatic heterocycles. The van der Waals surface area contributed by atoms with Gasteiger partial charge in [-0.1, -0.05) is 18.2 Å². The van der Waals surface area contributed by atoms with Crippen molar-refractivity contribution in [2.75, 3.05) is 39.0 Å². The number of amides is 3. The third-order valence-corrected chi connectivity index (χ3v) is 2.36. The fourth-order valence-electron chi connectivity index (χ4n) is 1.33. The van der Waals surface area contributed by atoms with E-state index in [1.807, 2.05) is 30.3 Å². The highest BCUT2D eigenvalue weighted by Gasteiger charge is 2.03. The van der Waals surface area contributed by atoms with Gasteiger partial charge in [0.25, 0.3) is 0 Å². The lowest BCUT2D eigenvalue weighted by atomic mass is 10.3. The number of para-hydroxylation sites is 1. The number of rotatable bonds is 6. The summed E-state index contributed by atoms with van der Waals surface area (Å²) in [5.41, 5.74) is 0.901. The molecule has 1 rings (SSSR count). The number of urea groups is 1. The van der Waals surface area contributed by atoms with Crippen molar-refractivity contribution in [1.82, 2.24) is 15.5 Å². The highest BCUT2D eigenvalue weighted by atomic mass is 16.2. The van der Waals surface area contributed by atoms with Crippen LogP contribution in [0.2, 0.25) is 0 Å². The topological polar surface area (TPSA) is 73.5 Å². The summed E-state index contributed by atoms with van der Waals surface area (Å²) in [6.07, 6.45) is 0. The van der Waals surface area contributed by atoms with E-state index in [1.54, 1.807) is 14.1 Å². The van der Waals surface area contributed by atoms with Crippen LogP contribution >= 0.6 is 0 Å². The number of anilines is 1. The van der Waals surface area contributed by atoms with Gasteiger partial charge in [0, 0.05) is 32.9 Å². The Morgan fingerprint density at radius 1 is 1.05 bits per heavy atom. The summed E-state index contributed by atoms with van der Waals surface area (Å²) in [6, 6.07) is 9.33. The number of hydrogen-bond acceptors (Lipinski definition) is 3. The van der Waals surface area contributed by atoms with Gasteiger partial charge in [0.05, 0.1) is 6.54 Å². The lowest BCUT2D eigenvalue weighted by Crippen LogP contribution is -2.40. The lowest BCUT2D eigenvalue weighted by molar-refractivity contribution is -0.119. The second-order valence-electron chi connectivity index (χ2n) is 4.20. The van der Waals surface area contributed by atoms with Crippen LogP contribution in [0.4, 0.5) is 10.5 Å². The van der Waals surface area contributed by atoms with Gasteiger partial charge in [0.1, 0.15) is 0 Å². The maximum atomic E-state index is 11.5. The molecule has 6 heteroatoms. The first-order chi connectivity index (χ1) is 9.09. The summed E-state index contributed by atoms with van der Waals surface area (Å²) in [6.45, 7) is 1.04. The molecule has 0 bridgehead atoms. The van der Waals surface area contributed by atoms with Crippen molar-refractivity contribution in [3.05, 3.63) is 30.3 Å². The average Bonchev–Trinajstić information content (AvgIpc) is 2.42. The highest BCUT2D eigenvalue weighted by Crippen LogP contribution is 2.03. The average molecular weight is 264 g/mol. The van der Waals surface area contributed by atoms with Gasteiger partial charge < -0.3 is 20.9 Å². The van der Waals surface area contributed by atoms with E-state index < -0.39 is 0 Å². The molecular weight excluding hydrogens is 244 g/mol. The van der Waals surface area contributed by atoms with Crippen molar-refractivity contribution in [1.29, 1.82) is 0 Å². The van der Waals surface area contributed by atoms with Crippen LogP contribution < -0.4 is 16.0 Å². The van der Waals surface area contributed by atoms with Gasteiger partial charge in [-0.15, -0.1) is 0 Å². The first-order valence-corrected chi connectivity index (χ1v) is 6.10. The van der Waals surface area contributed by atoms with E-state index in [1.165, 1.54) is 4.90 Å². The van der Waals surface area contributed by atoms with Crippen molar-refractivity contribution >= 4 is 17.6 Å². The van der Waals surface area contributed by atoms with Crippen LogP contribution in [0, 0.1) is 0 Å². The zero-order valence-electron chi connectivity index (χ0n) is 11.3. The first-order valence-electron chi connectivity index (χ1n) is 6.10. The Hall–Kier alpha value is -2.24. The summed E-state index contributed by atoms with van der Waals surface area (Å²) in [5.74, 6) is -0.108. The second-order valence-corrected chi connectivity index (χ2v) is 4.20. The molecule has 1 aromatic rings. The third kappa shape index (κ3) is 6.30. The number of hydrogen-bond donors (Lipinski definition) is 3. The van der Waals surface area contributed by atoms with Gasteiger partial charge in [0.15, 0.2) is 0 Å². The highest BCUT2D eigenvalue weighted by molar-refractivity contribution is 5.80. The Morgan fingerprint density at radius 2 is 1.68 bits per heavy atom. The quantitative estimate of drug-likeness (QED) is 0.655. The summed E-state index contributed by atoms with van der Waals surface area (Å²) >= 11 is 0. The Kier molecular flexibility index (Phi) is 6.21. The van der Waals surface area contributed by atoms with E-state index in [0.29, 0.717) is 13.1 Å². The molecule has 1 aromatic carbocycles. The van der Waals surface area contributed by atoms with Gasteiger partial charge in [-0.05, 0) is 12.1 Å². The predicted molar refractivity (Wildman–Crippen MR) is 75.0 cm³/mol. The molecular formula is C13H20N4O2. The van der Waals surface area contributed by atoms with Crippen LogP contribution in [-0.4, -0.2) is 50.6 Å². The van der Waals surface area contributed by atoms with E-state index in [9.17, 15) is 9.59 Å². The fourth-order valence-corrected chi connectivity index (χ4v) is 1.33. The normalized spacial score (nSPS) is 9.58. The Labute approximate surface area is 113 Å². The van der Waals surface area contributed by atoms with Crippen molar-refractivity contribution in [3.8, 4) is 0 Å². The number of carbonyl (C=O) groups excluding carboxylic acids is 2. The summed E-state index contributed by atoms with van der Waals surface area (Å²) in [7, 11) is 3.33. The van der Waals surface area contributed by atoms with E-state index in [-0.39, 0.29) is 18.5 Å². The van der Waals surface area contributed by atoms with Crippen LogP contribution in [0.5, 0.6) is 0 Å². The number of nitrogens with zero attached hydrogens (tertiary/aromatic N) is 1. The summed E-state index contributed by atoms with van der Waals surface area (Å²) in [5, 5.41) is 8.38. The smallest absolute Gasteiger partial charge is 0.316 e. The third-order valence-electron chi connectivity index (χ3n) is 2.36. The number of carbonyl (C=O) groups is 2. The molecule has 0 aliphatic carbocycles. The predicted octanol–water partition coefficient (Wildman–Crippen LogP) is 0.486. The van der Waals surface area contributed by atoms with E-state index in [0.717, 1.165) is 5.69 Å². The van der Waals surface area contributed by atoms with Gasteiger partial charge in [-0.3, -0.25) is 4.79 Å². The Balaban J connectivity index is 2.10. The molecule has 0 atom stereocenters. The van der Waals surface area contributed by atoms with Crippen LogP contribution in [0.1, 0.15) is 0 Å². The second kappa shape index (κ2) is 7.97. The van der Waals surface area contributed by atoms with Crippen molar-refractivity contribution in [3.63, 3.8) is 0 Å². The standard InChI is InChI=1S/C13H20N4O2/c1-17(2)13(19)15-9-8-14-12(18)10-16-11-6-4-3-5-7-11/h3-7,16H,8-10H2,1-2H3,(H,14,18)(H,15,19). The molecule has 0 heterocycles. The molecule has 0 saturated carbocycles. The minimum atomic E-state index is -0.170. The molecule has 104 valence electrons. The lowest BCUT2D eigenvalue weighted by Gasteiger charge is -2.12. The molecule has 0 fully saturated rings. The van der Waals surface area contributed by atoms with Gasteiger partial charge in [-0.25, -0.2) is 4.79 Å². The molecule has 0 saturated heterocycles. The van der Waals surface area contributed by atoms with Gasteiger partial charge >= 0.3 is 6.03 Å². The largest absolute Gasteiger partial charge is 0.376 e. The molecule has 6 nitrogen and oxygen atoms in total. The molecule has 3 amide bonds. The van der Waals surface area contributed by atoms with Gasteiger partial charge in [-0.2, -0.15) is 0 Å². The molecule has 3 N–H and O–H groups in total. The van der Waals surface area contributed by atoms with Crippen molar-refractivity contribution in [2.24, 2.45) is 0 Å². The number of nitrogens with one attached hydrogen (secondary N) is 3. The molecule has 0 aliphatic rings. The molecule has 0 unspecified atom stereocenters. The minimum Gasteiger partial charge on any atom is -0.376 e. The molecule has 0 aromatic heterocycles. The number of benzene rings is 1. The zero-order valence-corrected chi connectivity index (χ0v) is 11.3. The fraction of sp³-hybridized carbons (Fsp3) is 0.385. The molecule has 0 radical (unpaired) electrons. The minimum absolute atomic E-state index is 0.108. The maximum absolute atomic E-state index is 11.5. The zero-order chi connectivity index (χ0) is 14.1. The SMILES string of the molecule is CN(C)C(=O)NCCNC(=O)CNc1ccccc1. The van der Waals surface area contributed by atoms with E-state index >= 15 is 0 Å². The molecule has 0 spiro atoms. The van der Waals surface area contributed by atoms with Crippen LogP contribution in [-0.2, 0) is 4.79 Å². The summed E-state index contributed by atoms with van der Waals surface area (Å²) < 4.78 is 0. The van der Waals surface area contributed by atoms with Gasteiger partial charge in [0.2, 0.25) is 5.91 Å². The van der Waals surface area contributed by atoms with Crippen LogP contribution in [0.15, 0.2) is 30.3 Å². The van der Waals surface area contributed by atoms with E-state index in [2.05, 4.69) is 16.0 Å². The monoisotopic (exact) mass is 264 g/mol.